The molecular formula is C20H21NO5S. The van der Waals surface area contributed by atoms with Gasteiger partial charge in [-0.05, 0) is 53.8 Å². The zero-order chi connectivity index (χ0) is 19.8. The maximum atomic E-state index is 13.1. The summed E-state index contributed by atoms with van der Waals surface area (Å²) in [6.45, 7) is 2.73. The van der Waals surface area contributed by atoms with Crippen LogP contribution in [-0.2, 0) is 29.2 Å². The van der Waals surface area contributed by atoms with Crippen LogP contribution in [0.5, 0.6) is 0 Å². The molecule has 0 aromatic heterocycles. The van der Waals surface area contributed by atoms with Crippen LogP contribution in [0.2, 0.25) is 0 Å². The monoisotopic (exact) mass is 387 g/mol. The highest BCUT2D eigenvalue weighted by atomic mass is 32.2. The van der Waals surface area contributed by atoms with Crippen molar-refractivity contribution >= 4 is 21.7 Å². The van der Waals surface area contributed by atoms with E-state index in [0.29, 0.717) is 31.5 Å². The number of rotatable bonds is 4. The lowest BCUT2D eigenvalue weighted by atomic mass is 9.96. The van der Waals surface area contributed by atoms with Gasteiger partial charge in [0.25, 0.3) is 5.91 Å². The Kier molecular flexibility index (Phi) is 5.06. The number of carboxylic acids is 1. The number of benzene rings is 2. The molecule has 7 heteroatoms. The van der Waals surface area contributed by atoms with Gasteiger partial charge in [-0.25, -0.2) is 13.2 Å². The van der Waals surface area contributed by atoms with Crippen LogP contribution < -0.4 is 0 Å². The third-order valence-corrected chi connectivity index (χ3v) is 5.98. The van der Waals surface area contributed by atoms with Gasteiger partial charge in [0.05, 0.1) is 10.5 Å². The minimum Gasteiger partial charge on any atom is -0.478 e. The van der Waals surface area contributed by atoms with E-state index in [0.717, 1.165) is 22.9 Å². The Bertz CT molecular complexity index is 1030. The summed E-state index contributed by atoms with van der Waals surface area (Å²) in [5.41, 5.74) is 3.21. The van der Waals surface area contributed by atoms with Gasteiger partial charge in [-0.3, -0.25) is 4.79 Å². The van der Waals surface area contributed by atoms with Crippen molar-refractivity contribution in [2.24, 2.45) is 0 Å². The lowest BCUT2D eigenvalue weighted by Gasteiger charge is -2.30. The molecule has 0 saturated heterocycles. The van der Waals surface area contributed by atoms with Crippen LogP contribution in [0.15, 0.2) is 41.3 Å². The highest BCUT2D eigenvalue weighted by Crippen LogP contribution is 2.24. The van der Waals surface area contributed by atoms with Crippen LogP contribution in [0, 0.1) is 0 Å². The molecule has 0 spiro atoms. The number of carbonyl (C=O) groups is 2. The highest BCUT2D eigenvalue weighted by molar-refractivity contribution is 7.90. The fourth-order valence-electron chi connectivity index (χ4n) is 3.33. The van der Waals surface area contributed by atoms with E-state index in [2.05, 4.69) is 0 Å². The number of aryl methyl sites for hydroxylation is 1. The summed E-state index contributed by atoms with van der Waals surface area (Å²) in [5.74, 6) is -1.24. The number of carbonyl (C=O) groups excluding carboxylic acids is 1. The Balaban J connectivity index is 1.95. The molecule has 1 N–H and O–H groups in total. The maximum Gasteiger partial charge on any atom is 0.335 e. The Hall–Kier alpha value is -2.67. The van der Waals surface area contributed by atoms with Crippen LogP contribution in [0.4, 0.5) is 0 Å². The van der Waals surface area contributed by atoms with Gasteiger partial charge in [0.1, 0.15) is 0 Å². The molecule has 0 radical (unpaired) electrons. The third-order valence-electron chi connectivity index (χ3n) is 4.87. The van der Waals surface area contributed by atoms with Gasteiger partial charge in [-0.15, -0.1) is 0 Å². The number of aromatic carboxylic acids is 1. The molecule has 0 bridgehead atoms. The number of carboxylic acid groups (broad SMARTS) is 1. The second-order valence-electron chi connectivity index (χ2n) is 6.71. The minimum atomic E-state index is -3.41. The van der Waals surface area contributed by atoms with E-state index in [1.54, 1.807) is 29.2 Å². The fraction of sp³-hybridized carbons (Fsp3) is 0.300. The molecule has 0 fully saturated rings. The molecule has 142 valence electrons. The number of sulfone groups is 1. The van der Waals surface area contributed by atoms with Crippen molar-refractivity contribution in [3.63, 3.8) is 0 Å². The van der Waals surface area contributed by atoms with Crippen molar-refractivity contribution in [2.45, 2.75) is 31.2 Å². The van der Waals surface area contributed by atoms with Gasteiger partial charge < -0.3 is 10.0 Å². The molecule has 0 unspecified atom stereocenters. The lowest BCUT2D eigenvalue weighted by molar-refractivity contribution is 0.0696. The average Bonchev–Trinajstić information content (AvgIpc) is 2.65. The summed E-state index contributed by atoms with van der Waals surface area (Å²) >= 11 is 0. The maximum absolute atomic E-state index is 13.1. The zero-order valence-electron chi connectivity index (χ0n) is 15.2. The number of amides is 1. The first kappa shape index (κ1) is 19.1. The smallest absolute Gasteiger partial charge is 0.335 e. The van der Waals surface area contributed by atoms with Gasteiger partial charge in [0.15, 0.2) is 9.84 Å². The summed E-state index contributed by atoms with van der Waals surface area (Å²) in [5, 5.41) is 9.18. The van der Waals surface area contributed by atoms with E-state index in [-0.39, 0.29) is 16.4 Å². The largest absolute Gasteiger partial charge is 0.478 e. The van der Waals surface area contributed by atoms with Crippen molar-refractivity contribution < 1.29 is 23.1 Å². The van der Waals surface area contributed by atoms with Crippen LogP contribution in [0.3, 0.4) is 0 Å². The Morgan fingerprint density at radius 2 is 1.85 bits per heavy atom. The predicted octanol–water partition coefficient (Wildman–Crippen LogP) is 2.55. The summed E-state index contributed by atoms with van der Waals surface area (Å²) < 4.78 is 23.7. The molecule has 27 heavy (non-hydrogen) atoms. The number of fused-ring (bicyclic) bond motifs is 1. The number of hydrogen-bond donors (Lipinski definition) is 1. The molecular weight excluding hydrogens is 366 g/mol. The first-order chi connectivity index (χ1) is 12.7. The highest BCUT2D eigenvalue weighted by Gasteiger charge is 2.25. The van der Waals surface area contributed by atoms with E-state index in [1.807, 2.05) is 6.92 Å². The zero-order valence-corrected chi connectivity index (χ0v) is 16.0. The minimum absolute atomic E-state index is 0.119. The third kappa shape index (κ3) is 3.88. The number of nitrogens with zero attached hydrogens (tertiary/aromatic N) is 1. The summed E-state index contributed by atoms with van der Waals surface area (Å²) in [6.07, 6.45) is 2.36. The van der Waals surface area contributed by atoms with Gasteiger partial charge in [0, 0.05) is 24.9 Å². The molecule has 1 amide bonds. The Labute approximate surface area is 158 Å². The van der Waals surface area contributed by atoms with E-state index in [9.17, 15) is 23.1 Å². The van der Waals surface area contributed by atoms with E-state index < -0.39 is 15.8 Å². The molecule has 0 saturated carbocycles. The molecule has 6 nitrogen and oxygen atoms in total. The molecule has 0 atom stereocenters. The Morgan fingerprint density at radius 3 is 2.48 bits per heavy atom. The molecule has 2 aromatic rings. The lowest BCUT2D eigenvalue weighted by Crippen LogP contribution is -2.36. The van der Waals surface area contributed by atoms with E-state index >= 15 is 0 Å². The summed E-state index contributed by atoms with van der Waals surface area (Å²) in [6, 6.07) is 9.62. The van der Waals surface area contributed by atoms with Crippen molar-refractivity contribution in [3.05, 3.63) is 64.2 Å². The SMILES string of the molecule is CCc1ccc(S(C)(=O)=O)cc1C(=O)N1CCc2ccc(C(=O)O)cc2C1. The number of hydrogen-bond acceptors (Lipinski definition) is 4. The fourth-order valence-corrected chi connectivity index (χ4v) is 3.97. The average molecular weight is 387 g/mol. The first-order valence-corrected chi connectivity index (χ1v) is 10.6. The molecule has 0 aliphatic carbocycles. The van der Waals surface area contributed by atoms with Crippen LogP contribution in [-0.4, -0.2) is 43.1 Å². The molecule has 1 aliphatic rings. The second kappa shape index (κ2) is 7.15. The van der Waals surface area contributed by atoms with Crippen LogP contribution in [0.25, 0.3) is 0 Å². The second-order valence-corrected chi connectivity index (χ2v) is 8.73. The van der Waals surface area contributed by atoms with Crippen LogP contribution >= 0.6 is 0 Å². The van der Waals surface area contributed by atoms with Crippen molar-refractivity contribution in [1.82, 2.24) is 4.90 Å². The topological polar surface area (TPSA) is 91.8 Å². The van der Waals surface area contributed by atoms with Crippen molar-refractivity contribution in [3.8, 4) is 0 Å². The van der Waals surface area contributed by atoms with Gasteiger partial charge in [0.2, 0.25) is 0 Å². The standard InChI is InChI=1S/C20H21NO5S/c1-3-13-6-7-17(27(2,25)26)11-18(13)19(22)21-9-8-14-4-5-15(20(23)24)10-16(14)12-21/h4-7,10-11H,3,8-9,12H2,1-2H3,(H,23,24). The van der Waals surface area contributed by atoms with Crippen molar-refractivity contribution in [1.29, 1.82) is 0 Å². The summed E-state index contributed by atoms with van der Waals surface area (Å²) in [7, 11) is -3.41. The first-order valence-electron chi connectivity index (χ1n) is 8.68. The van der Waals surface area contributed by atoms with Crippen LogP contribution in [0.1, 0.15) is 44.3 Å². The van der Waals surface area contributed by atoms with Gasteiger partial charge in [-0.1, -0.05) is 19.1 Å². The summed E-state index contributed by atoms with van der Waals surface area (Å²) in [4.78, 5) is 26.1. The van der Waals surface area contributed by atoms with E-state index in [4.69, 9.17) is 0 Å². The predicted molar refractivity (Wildman–Crippen MR) is 101 cm³/mol. The van der Waals surface area contributed by atoms with Gasteiger partial charge >= 0.3 is 5.97 Å². The quantitative estimate of drug-likeness (QED) is 0.870. The normalized spacial score (nSPS) is 13.9. The molecule has 1 heterocycles. The molecule has 3 rings (SSSR count). The van der Waals surface area contributed by atoms with Crippen molar-refractivity contribution in [2.75, 3.05) is 12.8 Å². The molecule has 2 aromatic carbocycles. The Morgan fingerprint density at radius 1 is 1.11 bits per heavy atom. The van der Waals surface area contributed by atoms with Gasteiger partial charge in [-0.2, -0.15) is 0 Å². The van der Waals surface area contributed by atoms with E-state index in [1.165, 1.54) is 12.1 Å². The molecule has 1 aliphatic heterocycles.